The van der Waals surface area contributed by atoms with Crippen molar-refractivity contribution in [3.8, 4) is 0 Å². The van der Waals surface area contributed by atoms with Crippen LogP contribution in [0.5, 0.6) is 0 Å². The Balaban J connectivity index is 1.97. The van der Waals surface area contributed by atoms with Crippen LogP contribution in [0.1, 0.15) is 95.4 Å². The molecule has 0 aliphatic heterocycles. The zero-order valence-corrected chi connectivity index (χ0v) is 14.9. The van der Waals surface area contributed by atoms with Gasteiger partial charge in [0.05, 0.1) is 5.51 Å². The third-order valence-corrected chi connectivity index (χ3v) is 4.98. The molecule has 3 heteroatoms. The van der Waals surface area contributed by atoms with Crippen LogP contribution in [-0.4, -0.2) is 11.5 Å². The molecule has 0 saturated carbocycles. The molecule has 21 heavy (non-hydrogen) atoms. The Morgan fingerprint density at radius 3 is 2.10 bits per heavy atom. The predicted molar refractivity (Wildman–Crippen MR) is 95.0 cm³/mol. The number of unbranched alkanes of at least 4 members (excludes halogenated alkanes) is 9. The molecule has 1 aromatic rings. The van der Waals surface area contributed by atoms with Crippen LogP contribution in [-0.2, 0) is 0 Å². The highest BCUT2D eigenvalue weighted by Crippen LogP contribution is 2.23. The molecule has 1 heterocycles. The van der Waals surface area contributed by atoms with Crippen LogP contribution in [0, 0.1) is 0 Å². The maximum atomic E-state index is 4.20. The number of nitrogens with zero attached hydrogens (tertiary/aromatic N) is 1. The lowest BCUT2D eigenvalue weighted by molar-refractivity contribution is 0.478. The molecule has 1 aromatic heterocycles. The summed E-state index contributed by atoms with van der Waals surface area (Å²) in [7, 11) is 0. The van der Waals surface area contributed by atoms with Crippen LogP contribution in [0.15, 0.2) is 11.7 Å². The normalized spacial score (nSPS) is 12.7. The molecule has 0 aromatic carbocycles. The lowest BCUT2D eigenvalue weighted by Gasteiger charge is -2.15. The van der Waals surface area contributed by atoms with Gasteiger partial charge in [-0.1, -0.05) is 78.1 Å². The fourth-order valence-corrected chi connectivity index (χ4v) is 3.56. The quantitative estimate of drug-likeness (QED) is 0.420. The number of hydrogen-bond acceptors (Lipinski definition) is 3. The van der Waals surface area contributed by atoms with Crippen molar-refractivity contribution in [1.82, 2.24) is 10.3 Å². The number of aromatic nitrogens is 1. The standard InChI is InChI=1S/C18H34N2S/c1-3-5-6-7-8-9-10-11-12-13-14-17(20-4-2)18-15-19-16-21-18/h15-17,20H,3-14H2,1-2H3. The monoisotopic (exact) mass is 310 g/mol. The molecule has 0 radical (unpaired) electrons. The highest BCUT2D eigenvalue weighted by atomic mass is 32.1. The van der Waals surface area contributed by atoms with Gasteiger partial charge in [-0.2, -0.15) is 0 Å². The van der Waals surface area contributed by atoms with Crippen LogP contribution in [0.4, 0.5) is 0 Å². The number of rotatable bonds is 14. The third kappa shape index (κ3) is 9.26. The van der Waals surface area contributed by atoms with Gasteiger partial charge in [0, 0.05) is 17.1 Å². The van der Waals surface area contributed by atoms with Crippen molar-refractivity contribution in [2.45, 2.75) is 90.5 Å². The summed E-state index contributed by atoms with van der Waals surface area (Å²) in [5.41, 5.74) is 1.94. The molecule has 0 bridgehead atoms. The van der Waals surface area contributed by atoms with Crippen LogP contribution in [0.3, 0.4) is 0 Å². The summed E-state index contributed by atoms with van der Waals surface area (Å²) >= 11 is 1.78. The molecule has 0 spiro atoms. The maximum absolute atomic E-state index is 4.20. The van der Waals surface area contributed by atoms with Gasteiger partial charge >= 0.3 is 0 Å². The van der Waals surface area contributed by atoms with Gasteiger partial charge in [-0.15, -0.1) is 11.3 Å². The molecular formula is C18H34N2S. The molecule has 0 amide bonds. The van der Waals surface area contributed by atoms with E-state index in [2.05, 4.69) is 24.1 Å². The van der Waals surface area contributed by atoms with Gasteiger partial charge in [-0.05, 0) is 13.0 Å². The van der Waals surface area contributed by atoms with E-state index in [1.807, 2.05) is 11.7 Å². The van der Waals surface area contributed by atoms with Crippen molar-refractivity contribution < 1.29 is 0 Å². The first-order valence-corrected chi connectivity index (χ1v) is 9.88. The van der Waals surface area contributed by atoms with Crippen molar-refractivity contribution in [3.63, 3.8) is 0 Å². The van der Waals surface area contributed by atoms with Gasteiger partial charge in [0.15, 0.2) is 0 Å². The first kappa shape index (κ1) is 18.6. The summed E-state index contributed by atoms with van der Waals surface area (Å²) in [4.78, 5) is 5.60. The van der Waals surface area contributed by atoms with E-state index in [0.29, 0.717) is 6.04 Å². The molecule has 0 saturated heterocycles. The van der Waals surface area contributed by atoms with E-state index in [0.717, 1.165) is 6.54 Å². The summed E-state index contributed by atoms with van der Waals surface area (Å²) in [5, 5.41) is 3.59. The second-order valence-corrected chi connectivity index (χ2v) is 6.90. The summed E-state index contributed by atoms with van der Waals surface area (Å²) in [6.07, 6.45) is 17.4. The van der Waals surface area contributed by atoms with Crippen molar-refractivity contribution >= 4 is 11.3 Å². The molecule has 2 nitrogen and oxygen atoms in total. The number of thiazole rings is 1. The smallest absolute Gasteiger partial charge is 0.0794 e. The van der Waals surface area contributed by atoms with E-state index < -0.39 is 0 Å². The van der Waals surface area contributed by atoms with E-state index in [1.54, 1.807) is 11.3 Å². The SMILES string of the molecule is CCCCCCCCCCCCC(NCC)c1cncs1. The topological polar surface area (TPSA) is 24.9 Å². The Labute approximate surface area is 135 Å². The molecule has 1 atom stereocenters. The minimum Gasteiger partial charge on any atom is -0.309 e. The first-order valence-electron chi connectivity index (χ1n) is 9.00. The zero-order chi connectivity index (χ0) is 15.2. The molecular weight excluding hydrogens is 276 g/mol. The minimum atomic E-state index is 0.525. The molecule has 0 fully saturated rings. The number of nitrogens with one attached hydrogen (secondary N) is 1. The Hall–Kier alpha value is -0.410. The van der Waals surface area contributed by atoms with Crippen molar-refractivity contribution in [3.05, 3.63) is 16.6 Å². The molecule has 122 valence electrons. The van der Waals surface area contributed by atoms with E-state index in [-0.39, 0.29) is 0 Å². The van der Waals surface area contributed by atoms with E-state index in [4.69, 9.17) is 0 Å². The number of hydrogen-bond donors (Lipinski definition) is 1. The van der Waals surface area contributed by atoms with Gasteiger partial charge < -0.3 is 5.32 Å². The van der Waals surface area contributed by atoms with E-state index in [1.165, 1.54) is 75.5 Å². The van der Waals surface area contributed by atoms with Gasteiger partial charge in [-0.25, -0.2) is 0 Å². The summed E-state index contributed by atoms with van der Waals surface area (Å²) in [6, 6.07) is 0.525. The maximum Gasteiger partial charge on any atom is 0.0794 e. The highest BCUT2D eigenvalue weighted by Gasteiger charge is 2.10. The Kier molecular flexibility index (Phi) is 11.8. The Morgan fingerprint density at radius 1 is 0.952 bits per heavy atom. The van der Waals surface area contributed by atoms with Crippen molar-refractivity contribution in [2.75, 3.05) is 6.54 Å². The van der Waals surface area contributed by atoms with Gasteiger partial charge in [-0.3, -0.25) is 4.98 Å². The van der Waals surface area contributed by atoms with Gasteiger partial charge in [0.2, 0.25) is 0 Å². The van der Waals surface area contributed by atoms with E-state index >= 15 is 0 Å². The highest BCUT2D eigenvalue weighted by molar-refractivity contribution is 7.09. The minimum absolute atomic E-state index is 0.525. The fraction of sp³-hybridized carbons (Fsp3) is 0.833. The van der Waals surface area contributed by atoms with Crippen LogP contribution in [0.2, 0.25) is 0 Å². The third-order valence-electron chi connectivity index (χ3n) is 4.09. The largest absolute Gasteiger partial charge is 0.309 e. The van der Waals surface area contributed by atoms with E-state index in [9.17, 15) is 0 Å². The van der Waals surface area contributed by atoms with Gasteiger partial charge in [0.25, 0.3) is 0 Å². The van der Waals surface area contributed by atoms with Crippen LogP contribution in [0.25, 0.3) is 0 Å². The fourth-order valence-electron chi connectivity index (χ4n) is 2.82. The molecule has 0 aliphatic rings. The van der Waals surface area contributed by atoms with Crippen LogP contribution < -0.4 is 5.32 Å². The molecule has 0 aliphatic carbocycles. The molecule has 1 rings (SSSR count). The predicted octanol–water partition coefficient (Wildman–Crippen LogP) is 6.10. The van der Waals surface area contributed by atoms with Crippen molar-refractivity contribution in [2.24, 2.45) is 0 Å². The average Bonchev–Trinajstić information content (AvgIpc) is 3.02. The lowest BCUT2D eigenvalue weighted by Crippen LogP contribution is -2.19. The Bertz CT molecular complexity index is 311. The lowest BCUT2D eigenvalue weighted by atomic mass is 10.0. The van der Waals surface area contributed by atoms with Crippen LogP contribution >= 0.6 is 11.3 Å². The summed E-state index contributed by atoms with van der Waals surface area (Å²) in [6.45, 7) is 5.51. The average molecular weight is 311 g/mol. The summed E-state index contributed by atoms with van der Waals surface area (Å²) < 4.78 is 0. The second-order valence-electron chi connectivity index (χ2n) is 5.98. The van der Waals surface area contributed by atoms with Gasteiger partial charge in [0.1, 0.15) is 0 Å². The van der Waals surface area contributed by atoms with Crippen molar-refractivity contribution in [1.29, 1.82) is 0 Å². The molecule has 1 N–H and O–H groups in total. The second kappa shape index (κ2) is 13.3. The molecule has 1 unspecified atom stereocenters. The first-order chi connectivity index (χ1) is 10.4. The summed E-state index contributed by atoms with van der Waals surface area (Å²) in [5.74, 6) is 0. The Morgan fingerprint density at radius 2 is 1.57 bits per heavy atom. The zero-order valence-electron chi connectivity index (χ0n) is 14.1.